The summed E-state index contributed by atoms with van der Waals surface area (Å²) < 4.78 is 0. The molecule has 2 amide bonds. The van der Waals surface area contributed by atoms with Crippen LogP contribution in [0.4, 0.5) is 20.7 Å². The Morgan fingerprint density at radius 2 is 1.96 bits per heavy atom. The smallest absolute Gasteiger partial charge is 0.325 e. The Kier molecular flexibility index (Phi) is 5.44. The highest BCUT2D eigenvalue weighted by atomic mass is 35.5. The van der Waals surface area contributed by atoms with E-state index in [-0.39, 0.29) is 6.03 Å². The molecule has 2 aromatic rings. The fraction of sp³-hybridized carbons (Fsp3) is 0.471. The number of carbonyl (C=O) groups is 1. The second-order valence-electron chi connectivity index (χ2n) is 6.47. The van der Waals surface area contributed by atoms with Crippen LogP contribution in [0.2, 0.25) is 5.02 Å². The highest BCUT2D eigenvalue weighted by molar-refractivity contribution is 7.19. The van der Waals surface area contributed by atoms with E-state index in [4.69, 9.17) is 11.6 Å². The molecule has 1 aromatic carbocycles. The van der Waals surface area contributed by atoms with Gasteiger partial charge >= 0.3 is 6.03 Å². The van der Waals surface area contributed by atoms with Gasteiger partial charge in [0.25, 0.3) is 0 Å². The highest BCUT2D eigenvalue weighted by Gasteiger charge is 2.27. The number of rotatable bonds is 3. The van der Waals surface area contributed by atoms with Gasteiger partial charge in [-0.05, 0) is 57.7 Å². The van der Waals surface area contributed by atoms with E-state index >= 15 is 0 Å². The van der Waals surface area contributed by atoms with Gasteiger partial charge in [-0.3, -0.25) is 5.32 Å². The molecule has 2 atom stereocenters. The van der Waals surface area contributed by atoms with E-state index in [1.807, 2.05) is 19.1 Å². The highest BCUT2D eigenvalue weighted by Crippen LogP contribution is 2.32. The van der Waals surface area contributed by atoms with Crippen LogP contribution in [-0.4, -0.2) is 28.3 Å². The van der Waals surface area contributed by atoms with E-state index in [0.29, 0.717) is 27.9 Å². The SMILES string of the molecule is Cc1ccc(NC(=O)Nc2nnc(N3[C@H](C)CCC[C@@H]3C)s2)cc1Cl. The second-order valence-corrected chi connectivity index (χ2v) is 7.83. The maximum absolute atomic E-state index is 12.2. The molecule has 25 heavy (non-hydrogen) atoms. The first-order chi connectivity index (χ1) is 11.9. The number of hydrogen-bond acceptors (Lipinski definition) is 5. The summed E-state index contributed by atoms with van der Waals surface area (Å²) >= 11 is 7.47. The van der Waals surface area contributed by atoms with Gasteiger partial charge in [-0.2, -0.15) is 0 Å². The monoisotopic (exact) mass is 379 g/mol. The van der Waals surface area contributed by atoms with Gasteiger partial charge in [-0.25, -0.2) is 4.79 Å². The van der Waals surface area contributed by atoms with Crippen molar-refractivity contribution in [2.45, 2.75) is 52.1 Å². The Bertz CT molecular complexity index is 755. The Labute approximate surface area is 156 Å². The van der Waals surface area contributed by atoms with Crippen molar-refractivity contribution < 1.29 is 4.79 Å². The normalized spacial score (nSPS) is 20.4. The van der Waals surface area contributed by atoms with Gasteiger partial charge in [-0.1, -0.05) is 29.0 Å². The van der Waals surface area contributed by atoms with E-state index in [1.165, 1.54) is 17.8 Å². The van der Waals surface area contributed by atoms with Crippen LogP contribution in [0.25, 0.3) is 0 Å². The molecule has 1 aromatic heterocycles. The van der Waals surface area contributed by atoms with Gasteiger partial charge in [0.15, 0.2) is 0 Å². The third-order valence-corrected chi connectivity index (χ3v) is 5.74. The summed E-state index contributed by atoms with van der Waals surface area (Å²) in [6.45, 7) is 6.33. The van der Waals surface area contributed by atoms with Gasteiger partial charge in [0.05, 0.1) is 0 Å². The van der Waals surface area contributed by atoms with Crippen LogP contribution < -0.4 is 15.5 Å². The molecule has 0 aliphatic carbocycles. The third kappa shape index (κ3) is 4.22. The summed E-state index contributed by atoms with van der Waals surface area (Å²) in [5.41, 5.74) is 1.60. The van der Waals surface area contributed by atoms with Crippen molar-refractivity contribution in [1.82, 2.24) is 10.2 Å². The van der Waals surface area contributed by atoms with Crippen LogP contribution >= 0.6 is 22.9 Å². The molecule has 1 saturated heterocycles. The number of piperidine rings is 1. The van der Waals surface area contributed by atoms with Crippen molar-refractivity contribution >= 4 is 44.9 Å². The molecule has 2 N–H and O–H groups in total. The number of anilines is 3. The first-order valence-corrected chi connectivity index (χ1v) is 9.59. The quantitative estimate of drug-likeness (QED) is 0.794. The van der Waals surface area contributed by atoms with E-state index < -0.39 is 0 Å². The van der Waals surface area contributed by atoms with Crippen molar-refractivity contribution in [3.05, 3.63) is 28.8 Å². The molecule has 1 fully saturated rings. The minimum absolute atomic E-state index is 0.359. The van der Waals surface area contributed by atoms with Gasteiger partial charge in [-0.15, -0.1) is 10.2 Å². The maximum Gasteiger partial charge on any atom is 0.325 e. The minimum Gasteiger partial charge on any atom is -0.341 e. The predicted octanol–water partition coefficient (Wildman–Crippen LogP) is 4.91. The second kappa shape index (κ2) is 7.58. The number of hydrogen-bond donors (Lipinski definition) is 2. The third-order valence-electron chi connectivity index (χ3n) is 4.48. The fourth-order valence-corrected chi connectivity index (χ4v) is 4.22. The Balaban J connectivity index is 1.64. The molecule has 6 nitrogen and oxygen atoms in total. The van der Waals surface area contributed by atoms with Crippen molar-refractivity contribution in [3.63, 3.8) is 0 Å². The number of amides is 2. The molecular weight excluding hydrogens is 358 g/mol. The molecule has 8 heteroatoms. The van der Waals surface area contributed by atoms with E-state index in [2.05, 4.69) is 39.6 Å². The van der Waals surface area contributed by atoms with Gasteiger partial charge < -0.3 is 10.2 Å². The summed E-state index contributed by atoms with van der Waals surface area (Å²) in [5.74, 6) is 0. The zero-order valence-electron chi connectivity index (χ0n) is 14.5. The first kappa shape index (κ1) is 17.9. The van der Waals surface area contributed by atoms with Gasteiger partial charge in [0, 0.05) is 22.8 Å². The molecule has 1 aliphatic heterocycles. The summed E-state index contributed by atoms with van der Waals surface area (Å²) in [6.07, 6.45) is 3.55. The maximum atomic E-state index is 12.2. The Morgan fingerprint density at radius 1 is 1.24 bits per heavy atom. The van der Waals surface area contributed by atoms with E-state index in [0.717, 1.165) is 23.5 Å². The molecule has 3 rings (SSSR count). The van der Waals surface area contributed by atoms with Crippen LogP contribution in [0.1, 0.15) is 38.7 Å². The Hall–Kier alpha value is -1.86. The lowest BCUT2D eigenvalue weighted by molar-refractivity contribution is 0.262. The number of aryl methyl sites for hydroxylation is 1. The molecule has 0 saturated carbocycles. The number of nitrogens with zero attached hydrogens (tertiary/aromatic N) is 3. The Morgan fingerprint density at radius 3 is 2.64 bits per heavy atom. The lowest BCUT2D eigenvalue weighted by Gasteiger charge is -2.38. The molecule has 0 radical (unpaired) electrons. The lowest BCUT2D eigenvalue weighted by atomic mass is 9.98. The van der Waals surface area contributed by atoms with Crippen LogP contribution in [0.15, 0.2) is 18.2 Å². The van der Waals surface area contributed by atoms with Crippen molar-refractivity contribution in [2.75, 3.05) is 15.5 Å². The largest absolute Gasteiger partial charge is 0.341 e. The zero-order valence-corrected chi connectivity index (χ0v) is 16.1. The average molecular weight is 380 g/mol. The summed E-state index contributed by atoms with van der Waals surface area (Å²) in [5, 5.41) is 15.8. The van der Waals surface area contributed by atoms with Crippen molar-refractivity contribution in [1.29, 1.82) is 0 Å². The molecule has 2 heterocycles. The molecular formula is C17H22ClN5OS. The molecule has 1 aliphatic rings. The summed E-state index contributed by atoms with van der Waals surface area (Å²) in [6, 6.07) is 5.91. The van der Waals surface area contributed by atoms with Crippen LogP contribution in [0.5, 0.6) is 0 Å². The van der Waals surface area contributed by atoms with Crippen LogP contribution in [0.3, 0.4) is 0 Å². The zero-order chi connectivity index (χ0) is 18.0. The predicted molar refractivity (Wildman–Crippen MR) is 104 cm³/mol. The number of benzene rings is 1. The molecule has 134 valence electrons. The van der Waals surface area contributed by atoms with Crippen molar-refractivity contribution in [2.24, 2.45) is 0 Å². The van der Waals surface area contributed by atoms with Crippen LogP contribution in [-0.2, 0) is 0 Å². The lowest BCUT2D eigenvalue weighted by Crippen LogP contribution is -2.43. The molecule has 0 spiro atoms. The number of nitrogens with one attached hydrogen (secondary N) is 2. The summed E-state index contributed by atoms with van der Waals surface area (Å²) in [7, 11) is 0. The van der Waals surface area contributed by atoms with Gasteiger partial charge in [0.1, 0.15) is 0 Å². The van der Waals surface area contributed by atoms with E-state index in [9.17, 15) is 4.79 Å². The topological polar surface area (TPSA) is 70.1 Å². The fourth-order valence-electron chi connectivity index (χ4n) is 3.10. The van der Waals surface area contributed by atoms with Gasteiger partial charge in [0.2, 0.25) is 10.3 Å². The molecule has 0 bridgehead atoms. The standard InChI is InChI=1S/C17H22ClN5OS/c1-10-7-8-13(9-14(10)18)19-15(24)20-16-21-22-17(25-16)23-11(2)5-4-6-12(23)3/h7-9,11-12H,4-6H2,1-3H3,(H2,19,20,21,24)/t11-,12+. The summed E-state index contributed by atoms with van der Waals surface area (Å²) in [4.78, 5) is 14.4. The number of urea groups is 1. The minimum atomic E-state index is -0.359. The van der Waals surface area contributed by atoms with Crippen LogP contribution in [0, 0.1) is 6.92 Å². The van der Waals surface area contributed by atoms with E-state index in [1.54, 1.807) is 6.07 Å². The van der Waals surface area contributed by atoms with Crippen molar-refractivity contribution in [3.8, 4) is 0 Å². The number of carbonyl (C=O) groups excluding carboxylic acids is 1. The first-order valence-electron chi connectivity index (χ1n) is 8.40. The molecule has 0 unspecified atom stereocenters. The number of halogens is 1. The average Bonchev–Trinajstić information content (AvgIpc) is 2.98. The number of aromatic nitrogens is 2.